The van der Waals surface area contributed by atoms with E-state index in [1.165, 1.54) is 0 Å². The van der Waals surface area contributed by atoms with Crippen LogP contribution in [0.4, 0.5) is 0 Å². The maximum atomic E-state index is 12.7. The molecule has 0 radical (unpaired) electrons. The summed E-state index contributed by atoms with van der Waals surface area (Å²) in [5, 5.41) is 4.10. The van der Waals surface area contributed by atoms with E-state index in [1.54, 1.807) is 21.3 Å². The number of methoxy groups -OCH3 is 3. The number of aromatic amines is 1. The van der Waals surface area contributed by atoms with Crippen molar-refractivity contribution in [3.8, 4) is 11.5 Å². The molecule has 0 aliphatic carbocycles. The van der Waals surface area contributed by atoms with Crippen molar-refractivity contribution in [3.05, 3.63) is 59.8 Å². The van der Waals surface area contributed by atoms with E-state index in [9.17, 15) is 4.79 Å². The largest absolute Gasteiger partial charge is 0.493 e. The number of H-pyrrole nitrogens is 1. The minimum atomic E-state index is -0.117. The number of fused-ring (bicyclic) bond motifs is 1. The fourth-order valence-electron chi connectivity index (χ4n) is 3.56. The van der Waals surface area contributed by atoms with Crippen LogP contribution < -0.4 is 14.8 Å². The summed E-state index contributed by atoms with van der Waals surface area (Å²) in [5.74, 6) is 1.20. The average molecular weight is 396 g/mol. The highest BCUT2D eigenvalue weighted by molar-refractivity contribution is 5.86. The van der Waals surface area contributed by atoms with Crippen molar-refractivity contribution in [1.29, 1.82) is 0 Å². The lowest BCUT2D eigenvalue weighted by Gasteiger charge is -2.19. The number of amides is 1. The molecule has 154 valence electrons. The second-order valence-corrected chi connectivity index (χ2v) is 6.86. The molecule has 0 aliphatic heterocycles. The number of aromatic nitrogens is 1. The number of carbonyl (C=O) groups is 1. The lowest BCUT2D eigenvalue weighted by Crippen LogP contribution is -2.27. The zero-order chi connectivity index (χ0) is 20.6. The molecular formula is C23H28N2O4. The lowest BCUT2D eigenvalue weighted by molar-refractivity contribution is -0.121. The van der Waals surface area contributed by atoms with Gasteiger partial charge in [-0.15, -0.1) is 0 Å². The second-order valence-electron chi connectivity index (χ2n) is 6.86. The SMILES string of the molecule is COCCCNC(=O)CC(c1ccc(OC)c(OC)c1)c1c[nH]c2ccccc12. The molecule has 0 saturated heterocycles. The first kappa shape index (κ1) is 20.7. The Balaban J connectivity index is 1.93. The molecule has 0 spiro atoms. The van der Waals surface area contributed by atoms with Crippen molar-refractivity contribution in [2.24, 2.45) is 0 Å². The number of carbonyl (C=O) groups excluding carboxylic acids is 1. The zero-order valence-corrected chi connectivity index (χ0v) is 17.2. The van der Waals surface area contributed by atoms with E-state index in [0.717, 1.165) is 28.5 Å². The number of benzene rings is 2. The predicted octanol–water partition coefficient (Wildman–Crippen LogP) is 3.86. The van der Waals surface area contributed by atoms with Crippen molar-refractivity contribution in [2.75, 3.05) is 34.5 Å². The monoisotopic (exact) mass is 396 g/mol. The van der Waals surface area contributed by atoms with Gasteiger partial charge in [-0.1, -0.05) is 24.3 Å². The molecule has 3 rings (SSSR count). The Bertz CT molecular complexity index is 951. The van der Waals surface area contributed by atoms with Crippen LogP contribution in [0, 0.1) is 0 Å². The van der Waals surface area contributed by atoms with Crippen molar-refractivity contribution in [3.63, 3.8) is 0 Å². The summed E-state index contributed by atoms with van der Waals surface area (Å²) in [6.45, 7) is 1.22. The normalized spacial score (nSPS) is 12.0. The number of hydrogen-bond donors (Lipinski definition) is 2. The van der Waals surface area contributed by atoms with Crippen LogP contribution in [0.5, 0.6) is 11.5 Å². The van der Waals surface area contributed by atoms with Crippen LogP contribution >= 0.6 is 0 Å². The standard InChI is InChI=1S/C23H28N2O4/c1-27-12-6-11-24-23(26)14-18(16-9-10-21(28-2)22(13-16)29-3)19-15-25-20-8-5-4-7-17(19)20/h4-5,7-10,13,15,18,25H,6,11-12,14H2,1-3H3,(H,24,26). The van der Waals surface area contributed by atoms with Crippen LogP contribution in [-0.4, -0.2) is 45.4 Å². The van der Waals surface area contributed by atoms with Gasteiger partial charge in [-0.05, 0) is 35.7 Å². The minimum Gasteiger partial charge on any atom is -0.493 e. The number of hydrogen-bond acceptors (Lipinski definition) is 4. The summed E-state index contributed by atoms with van der Waals surface area (Å²) < 4.78 is 15.9. The smallest absolute Gasteiger partial charge is 0.220 e. The molecule has 6 heteroatoms. The Morgan fingerprint density at radius 3 is 2.62 bits per heavy atom. The van der Waals surface area contributed by atoms with Crippen molar-refractivity contribution < 1.29 is 19.0 Å². The molecule has 29 heavy (non-hydrogen) atoms. The van der Waals surface area contributed by atoms with Crippen LogP contribution in [0.3, 0.4) is 0 Å². The predicted molar refractivity (Wildman–Crippen MR) is 114 cm³/mol. The molecule has 1 atom stereocenters. The van der Waals surface area contributed by atoms with Gasteiger partial charge >= 0.3 is 0 Å². The number of para-hydroxylation sites is 1. The molecule has 2 N–H and O–H groups in total. The summed E-state index contributed by atoms with van der Waals surface area (Å²) >= 11 is 0. The second kappa shape index (κ2) is 9.98. The van der Waals surface area contributed by atoms with Crippen LogP contribution in [0.1, 0.15) is 29.9 Å². The van der Waals surface area contributed by atoms with Crippen molar-refractivity contribution >= 4 is 16.8 Å². The van der Waals surface area contributed by atoms with E-state index < -0.39 is 0 Å². The van der Waals surface area contributed by atoms with Crippen LogP contribution in [0.25, 0.3) is 10.9 Å². The number of nitrogens with one attached hydrogen (secondary N) is 2. The third-order valence-electron chi connectivity index (χ3n) is 5.04. The van der Waals surface area contributed by atoms with Gasteiger partial charge in [-0.25, -0.2) is 0 Å². The Morgan fingerprint density at radius 2 is 1.86 bits per heavy atom. The minimum absolute atomic E-state index is 0.00571. The van der Waals surface area contributed by atoms with E-state index in [1.807, 2.05) is 42.6 Å². The molecule has 1 heterocycles. The molecule has 1 aromatic heterocycles. The highest BCUT2D eigenvalue weighted by Crippen LogP contribution is 2.37. The topological polar surface area (TPSA) is 72.6 Å². The van der Waals surface area contributed by atoms with Crippen molar-refractivity contribution in [1.82, 2.24) is 10.3 Å². The third kappa shape index (κ3) is 4.90. The van der Waals surface area contributed by atoms with Gasteiger partial charge in [-0.2, -0.15) is 0 Å². The first-order chi connectivity index (χ1) is 14.2. The Hall–Kier alpha value is -2.99. The number of rotatable bonds is 10. The fourth-order valence-corrected chi connectivity index (χ4v) is 3.56. The van der Waals surface area contributed by atoms with E-state index in [-0.39, 0.29) is 11.8 Å². The Morgan fingerprint density at radius 1 is 1.07 bits per heavy atom. The lowest BCUT2D eigenvalue weighted by atomic mass is 9.87. The Labute approximate surface area is 171 Å². The van der Waals surface area contributed by atoms with Gasteiger partial charge < -0.3 is 24.5 Å². The van der Waals surface area contributed by atoms with Gasteiger partial charge in [-0.3, -0.25) is 4.79 Å². The third-order valence-corrected chi connectivity index (χ3v) is 5.04. The van der Waals surface area contributed by atoms with Gasteiger partial charge in [0.1, 0.15) is 0 Å². The van der Waals surface area contributed by atoms with Gasteiger partial charge in [0.2, 0.25) is 5.91 Å². The molecule has 6 nitrogen and oxygen atoms in total. The Kier molecular flexibility index (Phi) is 7.14. The first-order valence-electron chi connectivity index (χ1n) is 9.71. The molecule has 2 aromatic carbocycles. The molecule has 1 unspecified atom stereocenters. The molecule has 0 fully saturated rings. The molecule has 0 aliphatic rings. The van der Waals surface area contributed by atoms with Gasteiger partial charge in [0.05, 0.1) is 14.2 Å². The maximum absolute atomic E-state index is 12.7. The molecule has 0 bridgehead atoms. The highest BCUT2D eigenvalue weighted by Gasteiger charge is 2.22. The quantitative estimate of drug-likeness (QED) is 0.511. The molecular weight excluding hydrogens is 368 g/mol. The number of ether oxygens (including phenoxy) is 3. The van der Waals surface area contributed by atoms with Crippen LogP contribution in [0.2, 0.25) is 0 Å². The molecule has 0 saturated carbocycles. The highest BCUT2D eigenvalue weighted by atomic mass is 16.5. The molecule has 1 amide bonds. The van der Waals surface area contributed by atoms with Crippen LogP contribution in [-0.2, 0) is 9.53 Å². The summed E-state index contributed by atoms with van der Waals surface area (Å²) in [4.78, 5) is 16.0. The summed E-state index contributed by atoms with van der Waals surface area (Å²) in [7, 11) is 4.89. The summed E-state index contributed by atoms with van der Waals surface area (Å²) in [6.07, 6.45) is 3.12. The van der Waals surface area contributed by atoms with Gasteiger partial charge in [0, 0.05) is 49.7 Å². The molecule has 3 aromatic rings. The van der Waals surface area contributed by atoms with E-state index in [2.05, 4.69) is 16.4 Å². The van der Waals surface area contributed by atoms with E-state index >= 15 is 0 Å². The van der Waals surface area contributed by atoms with Crippen LogP contribution in [0.15, 0.2) is 48.7 Å². The van der Waals surface area contributed by atoms with Crippen molar-refractivity contribution in [2.45, 2.75) is 18.8 Å². The summed E-state index contributed by atoms with van der Waals surface area (Å²) in [6, 6.07) is 13.9. The van der Waals surface area contributed by atoms with E-state index in [4.69, 9.17) is 14.2 Å². The van der Waals surface area contributed by atoms with E-state index in [0.29, 0.717) is 31.1 Å². The fraction of sp³-hybridized carbons (Fsp3) is 0.348. The average Bonchev–Trinajstić information content (AvgIpc) is 3.18. The summed E-state index contributed by atoms with van der Waals surface area (Å²) in [5.41, 5.74) is 3.13. The maximum Gasteiger partial charge on any atom is 0.220 e. The van der Waals surface area contributed by atoms with Gasteiger partial charge in [0.25, 0.3) is 0 Å². The first-order valence-corrected chi connectivity index (χ1v) is 9.71. The van der Waals surface area contributed by atoms with Gasteiger partial charge in [0.15, 0.2) is 11.5 Å². The zero-order valence-electron chi connectivity index (χ0n) is 17.2.